The molecule has 88 valence electrons. The SMILES string of the molecule is Brc1ccccc1COCc1ccccc1Br. The number of hydrogen-bond acceptors (Lipinski definition) is 1. The highest BCUT2D eigenvalue weighted by atomic mass is 79.9. The molecule has 2 aromatic rings. The van der Waals surface area contributed by atoms with E-state index in [2.05, 4.69) is 44.0 Å². The van der Waals surface area contributed by atoms with Crippen LogP contribution in [0.15, 0.2) is 57.5 Å². The van der Waals surface area contributed by atoms with Crippen molar-refractivity contribution in [1.82, 2.24) is 0 Å². The number of halogens is 2. The van der Waals surface area contributed by atoms with Gasteiger partial charge in [0, 0.05) is 8.95 Å². The van der Waals surface area contributed by atoms with Crippen molar-refractivity contribution in [2.24, 2.45) is 0 Å². The Morgan fingerprint density at radius 2 is 1.12 bits per heavy atom. The molecule has 0 aromatic heterocycles. The lowest BCUT2D eigenvalue weighted by Gasteiger charge is -2.07. The summed E-state index contributed by atoms with van der Waals surface area (Å²) in [5.74, 6) is 0. The highest BCUT2D eigenvalue weighted by molar-refractivity contribution is 9.10. The monoisotopic (exact) mass is 354 g/mol. The summed E-state index contributed by atoms with van der Waals surface area (Å²) in [6, 6.07) is 16.2. The summed E-state index contributed by atoms with van der Waals surface area (Å²) in [5.41, 5.74) is 2.33. The van der Waals surface area contributed by atoms with Gasteiger partial charge >= 0.3 is 0 Å². The van der Waals surface area contributed by atoms with E-state index in [1.165, 1.54) is 11.1 Å². The normalized spacial score (nSPS) is 10.5. The highest BCUT2D eigenvalue weighted by Crippen LogP contribution is 2.19. The Morgan fingerprint density at radius 3 is 1.53 bits per heavy atom. The van der Waals surface area contributed by atoms with E-state index >= 15 is 0 Å². The fraction of sp³-hybridized carbons (Fsp3) is 0.143. The quantitative estimate of drug-likeness (QED) is 0.755. The van der Waals surface area contributed by atoms with E-state index in [1.54, 1.807) is 0 Å². The van der Waals surface area contributed by atoms with Crippen LogP contribution in [0.4, 0.5) is 0 Å². The minimum Gasteiger partial charge on any atom is -0.372 e. The molecule has 0 saturated carbocycles. The number of rotatable bonds is 4. The van der Waals surface area contributed by atoms with Gasteiger partial charge in [-0.3, -0.25) is 0 Å². The number of benzene rings is 2. The third-order valence-corrected chi connectivity index (χ3v) is 3.98. The number of ether oxygens (including phenoxy) is 1. The van der Waals surface area contributed by atoms with Gasteiger partial charge in [0.05, 0.1) is 13.2 Å². The van der Waals surface area contributed by atoms with Crippen molar-refractivity contribution in [2.45, 2.75) is 13.2 Å². The lowest BCUT2D eigenvalue weighted by molar-refractivity contribution is 0.106. The molecule has 0 aliphatic carbocycles. The Labute approximate surface area is 118 Å². The van der Waals surface area contributed by atoms with Crippen molar-refractivity contribution in [1.29, 1.82) is 0 Å². The number of hydrogen-bond donors (Lipinski definition) is 0. The molecule has 0 atom stereocenters. The lowest BCUT2D eigenvalue weighted by atomic mass is 10.2. The first kappa shape index (κ1) is 12.8. The summed E-state index contributed by atoms with van der Waals surface area (Å²) in [5, 5.41) is 0. The Bertz CT molecular complexity index is 452. The van der Waals surface area contributed by atoms with Crippen LogP contribution in [0.5, 0.6) is 0 Å². The van der Waals surface area contributed by atoms with Crippen molar-refractivity contribution in [3.63, 3.8) is 0 Å². The maximum absolute atomic E-state index is 5.71. The van der Waals surface area contributed by atoms with Crippen molar-refractivity contribution < 1.29 is 4.74 Å². The van der Waals surface area contributed by atoms with Gasteiger partial charge in [-0.15, -0.1) is 0 Å². The predicted octanol–water partition coefficient (Wildman–Crippen LogP) is 4.93. The summed E-state index contributed by atoms with van der Waals surface area (Å²) in [6.45, 7) is 1.23. The molecule has 0 aliphatic rings. The average Bonchev–Trinajstić information content (AvgIpc) is 2.34. The molecular weight excluding hydrogens is 344 g/mol. The molecule has 3 heteroatoms. The second-order valence-electron chi connectivity index (χ2n) is 3.68. The van der Waals surface area contributed by atoms with E-state index < -0.39 is 0 Å². The molecule has 2 rings (SSSR count). The Balaban J connectivity index is 1.93. The van der Waals surface area contributed by atoms with Gasteiger partial charge in [0.2, 0.25) is 0 Å². The first-order chi connectivity index (χ1) is 8.27. The fourth-order valence-electron chi connectivity index (χ4n) is 1.50. The van der Waals surface area contributed by atoms with Crippen molar-refractivity contribution in [3.8, 4) is 0 Å². The summed E-state index contributed by atoms with van der Waals surface area (Å²) >= 11 is 7.02. The lowest BCUT2D eigenvalue weighted by Crippen LogP contribution is -1.95. The second kappa shape index (κ2) is 6.34. The van der Waals surface area contributed by atoms with Gasteiger partial charge in [-0.1, -0.05) is 68.3 Å². The smallest absolute Gasteiger partial charge is 0.0732 e. The molecule has 0 heterocycles. The Hall–Kier alpha value is -0.640. The molecule has 0 aliphatic heterocycles. The average molecular weight is 356 g/mol. The molecule has 17 heavy (non-hydrogen) atoms. The van der Waals surface area contributed by atoms with Crippen LogP contribution in [0.25, 0.3) is 0 Å². The molecular formula is C14H12Br2O. The maximum Gasteiger partial charge on any atom is 0.0732 e. The van der Waals surface area contributed by atoms with E-state index in [4.69, 9.17) is 4.74 Å². The third-order valence-electron chi connectivity index (χ3n) is 2.43. The molecule has 0 spiro atoms. The fourth-order valence-corrected chi connectivity index (χ4v) is 2.30. The van der Waals surface area contributed by atoms with Crippen LogP contribution < -0.4 is 0 Å². The topological polar surface area (TPSA) is 9.23 Å². The molecule has 0 saturated heterocycles. The van der Waals surface area contributed by atoms with Gasteiger partial charge in [0.25, 0.3) is 0 Å². The second-order valence-corrected chi connectivity index (χ2v) is 5.38. The molecule has 0 fully saturated rings. The zero-order valence-corrected chi connectivity index (χ0v) is 12.4. The van der Waals surface area contributed by atoms with Crippen molar-refractivity contribution in [2.75, 3.05) is 0 Å². The van der Waals surface area contributed by atoms with Crippen LogP contribution in [-0.4, -0.2) is 0 Å². The van der Waals surface area contributed by atoms with Gasteiger partial charge < -0.3 is 4.74 Å². The predicted molar refractivity (Wildman–Crippen MR) is 76.8 cm³/mol. The molecule has 1 nitrogen and oxygen atoms in total. The van der Waals surface area contributed by atoms with E-state index in [0.29, 0.717) is 13.2 Å². The van der Waals surface area contributed by atoms with Gasteiger partial charge in [-0.2, -0.15) is 0 Å². The van der Waals surface area contributed by atoms with Gasteiger partial charge in [-0.05, 0) is 23.3 Å². The summed E-state index contributed by atoms with van der Waals surface area (Å²) < 4.78 is 7.89. The van der Waals surface area contributed by atoms with Gasteiger partial charge in [0.15, 0.2) is 0 Å². The minimum absolute atomic E-state index is 0.614. The maximum atomic E-state index is 5.71. The van der Waals surface area contributed by atoms with E-state index in [1.807, 2.05) is 36.4 Å². The molecule has 2 aromatic carbocycles. The van der Waals surface area contributed by atoms with Crippen LogP contribution in [0, 0.1) is 0 Å². The first-order valence-electron chi connectivity index (χ1n) is 5.32. The zero-order chi connectivity index (χ0) is 12.1. The van der Waals surface area contributed by atoms with Crippen molar-refractivity contribution >= 4 is 31.9 Å². The molecule has 0 bridgehead atoms. The van der Waals surface area contributed by atoms with Crippen molar-refractivity contribution in [3.05, 3.63) is 68.6 Å². The van der Waals surface area contributed by atoms with E-state index in [9.17, 15) is 0 Å². The van der Waals surface area contributed by atoms with E-state index in [-0.39, 0.29) is 0 Å². The first-order valence-corrected chi connectivity index (χ1v) is 6.90. The van der Waals surface area contributed by atoms with Crippen LogP contribution in [-0.2, 0) is 18.0 Å². The standard InChI is InChI=1S/C14H12Br2O/c15-13-7-3-1-5-11(13)9-17-10-12-6-2-4-8-14(12)16/h1-8H,9-10H2. The largest absolute Gasteiger partial charge is 0.372 e. The summed E-state index contributed by atoms with van der Waals surface area (Å²) in [6.07, 6.45) is 0. The van der Waals surface area contributed by atoms with Crippen LogP contribution in [0.1, 0.15) is 11.1 Å². The summed E-state index contributed by atoms with van der Waals surface area (Å²) in [4.78, 5) is 0. The summed E-state index contributed by atoms with van der Waals surface area (Å²) in [7, 11) is 0. The van der Waals surface area contributed by atoms with Gasteiger partial charge in [-0.25, -0.2) is 0 Å². The molecule has 0 unspecified atom stereocenters. The van der Waals surface area contributed by atoms with E-state index in [0.717, 1.165) is 8.95 Å². The minimum atomic E-state index is 0.614. The van der Waals surface area contributed by atoms with Crippen LogP contribution in [0.2, 0.25) is 0 Å². The molecule has 0 radical (unpaired) electrons. The Kier molecular flexibility index (Phi) is 4.77. The van der Waals surface area contributed by atoms with Crippen LogP contribution in [0.3, 0.4) is 0 Å². The molecule has 0 amide bonds. The van der Waals surface area contributed by atoms with Gasteiger partial charge in [0.1, 0.15) is 0 Å². The van der Waals surface area contributed by atoms with Crippen LogP contribution >= 0.6 is 31.9 Å². The zero-order valence-electron chi connectivity index (χ0n) is 9.20. The molecule has 0 N–H and O–H groups in total. The Morgan fingerprint density at radius 1 is 0.706 bits per heavy atom. The highest BCUT2D eigenvalue weighted by Gasteiger charge is 2.01. The third kappa shape index (κ3) is 3.66.